The van der Waals surface area contributed by atoms with Crippen LogP contribution in [0, 0.1) is 0 Å². The molecular weight excluding hydrogens is 252 g/mol. The SMILES string of the molecule is CCc1ccc(NC(=O)c2noc3c2CCCC3)cc1. The van der Waals surface area contributed by atoms with Crippen LogP contribution in [0.15, 0.2) is 28.8 Å². The summed E-state index contributed by atoms with van der Waals surface area (Å²) in [5.74, 6) is 0.698. The highest BCUT2D eigenvalue weighted by Gasteiger charge is 2.23. The molecule has 1 aliphatic rings. The maximum absolute atomic E-state index is 12.3. The van der Waals surface area contributed by atoms with E-state index in [9.17, 15) is 4.79 Å². The van der Waals surface area contributed by atoms with Crippen LogP contribution in [0.4, 0.5) is 5.69 Å². The molecule has 0 bridgehead atoms. The van der Waals surface area contributed by atoms with Gasteiger partial charge in [-0.15, -0.1) is 0 Å². The minimum absolute atomic E-state index is 0.179. The number of nitrogens with zero attached hydrogens (tertiary/aromatic N) is 1. The smallest absolute Gasteiger partial charge is 0.278 e. The van der Waals surface area contributed by atoms with Crippen LogP contribution in [0.3, 0.4) is 0 Å². The van der Waals surface area contributed by atoms with Crippen LogP contribution in [0.2, 0.25) is 0 Å². The van der Waals surface area contributed by atoms with Gasteiger partial charge >= 0.3 is 0 Å². The molecule has 4 heteroatoms. The maximum atomic E-state index is 12.3. The molecule has 2 aromatic rings. The summed E-state index contributed by atoms with van der Waals surface area (Å²) in [6.45, 7) is 2.11. The fourth-order valence-electron chi connectivity index (χ4n) is 2.58. The van der Waals surface area contributed by atoms with Gasteiger partial charge in [-0.3, -0.25) is 4.79 Å². The van der Waals surface area contributed by atoms with Crippen LogP contribution in [0.25, 0.3) is 0 Å². The summed E-state index contributed by atoms with van der Waals surface area (Å²) in [6, 6.07) is 7.88. The molecule has 1 aromatic carbocycles. The Morgan fingerprint density at radius 1 is 1.25 bits per heavy atom. The average molecular weight is 270 g/mol. The molecule has 0 atom stereocenters. The van der Waals surface area contributed by atoms with Crippen LogP contribution in [-0.4, -0.2) is 11.1 Å². The largest absolute Gasteiger partial charge is 0.360 e. The summed E-state index contributed by atoms with van der Waals surface area (Å²) in [7, 11) is 0. The Balaban J connectivity index is 1.77. The number of fused-ring (bicyclic) bond motifs is 1. The Kier molecular flexibility index (Phi) is 3.54. The van der Waals surface area contributed by atoms with Crippen LogP contribution < -0.4 is 5.32 Å². The standard InChI is InChI=1S/C16H18N2O2/c1-2-11-7-9-12(10-8-11)17-16(19)15-13-5-3-4-6-14(13)20-18-15/h7-10H,2-6H2,1H3,(H,17,19). The summed E-state index contributed by atoms with van der Waals surface area (Å²) in [6.07, 6.45) is 4.98. The number of nitrogens with one attached hydrogen (secondary N) is 1. The zero-order valence-electron chi connectivity index (χ0n) is 11.6. The fourth-order valence-corrected chi connectivity index (χ4v) is 2.58. The van der Waals surface area contributed by atoms with Crippen molar-refractivity contribution in [1.82, 2.24) is 5.16 Å². The van der Waals surface area contributed by atoms with E-state index in [0.717, 1.165) is 49.1 Å². The second-order valence-corrected chi connectivity index (χ2v) is 5.14. The Hall–Kier alpha value is -2.10. The van der Waals surface area contributed by atoms with Gasteiger partial charge in [0.1, 0.15) is 5.76 Å². The third-order valence-electron chi connectivity index (χ3n) is 3.79. The molecule has 0 saturated carbocycles. The van der Waals surface area contributed by atoms with Crippen molar-refractivity contribution in [3.8, 4) is 0 Å². The summed E-state index contributed by atoms with van der Waals surface area (Å²) >= 11 is 0. The second kappa shape index (κ2) is 5.49. The minimum Gasteiger partial charge on any atom is -0.360 e. The molecule has 0 unspecified atom stereocenters. The lowest BCUT2D eigenvalue weighted by atomic mass is 9.96. The first-order chi connectivity index (χ1) is 9.78. The predicted molar refractivity (Wildman–Crippen MR) is 76.9 cm³/mol. The van der Waals surface area contributed by atoms with Crippen molar-refractivity contribution in [1.29, 1.82) is 0 Å². The van der Waals surface area contributed by atoms with Gasteiger partial charge in [-0.05, 0) is 43.4 Å². The van der Waals surface area contributed by atoms with Gasteiger partial charge in [0.05, 0.1) is 0 Å². The van der Waals surface area contributed by atoms with Gasteiger partial charge in [-0.1, -0.05) is 24.2 Å². The Labute approximate surface area is 118 Å². The molecule has 0 aliphatic heterocycles. The van der Waals surface area contributed by atoms with Gasteiger partial charge < -0.3 is 9.84 Å². The van der Waals surface area contributed by atoms with Crippen molar-refractivity contribution >= 4 is 11.6 Å². The number of rotatable bonds is 3. The van der Waals surface area contributed by atoms with Crippen molar-refractivity contribution in [3.63, 3.8) is 0 Å². The van der Waals surface area contributed by atoms with Crippen LogP contribution >= 0.6 is 0 Å². The number of carbonyl (C=O) groups is 1. The van der Waals surface area contributed by atoms with E-state index in [0.29, 0.717) is 5.69 Å². The summed E-state index contributed by atoms with van der Waals surface area (Å²) in [4.78, 5) is 12.3. The molecule has 0 spiro atoms. The zero-order valence-corrected chi connectivity index (χ0v) is 11.6. The number of hydrogen-bond donors (Lipinski definition) is 1. The van der Waals surface area contributed by atoms with Crippen molar-refractivity contribution in [2.75, 3.05) is 5.32 Å². The lowest BCUT2D eigenvalue weighted by Gasteiger charge is -2.09. The molecule has 0 radical (unpaired) electrons. The minimum atomic E-state index is -0.179. The second-order valence-electron chi connectivity index (χ2n) is 5.14. The zero-order chi connectivity index (χ0) is 13.9. The summed E-state index contributed by atoms with van der Waals surface area (Å²) in [5, 5.41) is 6.82. The molecule has 3 rings (SSSR count). The number of carbonyl (C=O) groups excluding carboxylic acids is 1. The van der Waals surface area contributed by atoms with Crippen LogP contribution in [0.5, 0.6) is 0 Å². The molecule has 1 amide bonds. The lowest BCUT2D eigenvalue weighted by Crippen LogP contribution is -2.15. The van der Waals surface area contributed by atoms with E-state index in [1.54, 1.807) is 0 Å². The van der Waals surface area contributed by atoms with Crippen molar-refractivity contribution in [3.05, 3.63) is 46.8 Å². The number of amides is 1. The van der Waals surface area contributed by atoms with E-state index < -0.39 is 0 Å². The van der Waals surface area contributed by atoms with Gasteiger partial charge in [0.15, 0.2) is 5.69 Å². The highest BCUT2D eigenvalue weighted by Crippen LogP contribution is 2.24. The topological polar surface area (TPSA) is 55.1 Å². The number of aromatic nitrogens is 1. The predicted octanol–water partition coefficient (Wildman–Crippen LogP) is 3.37. The highest BCUT2D eigenvalue weighted by molar-refractivity contribution is 6.03. The fraction of sp³-hybridized carbons (Fsp3) is 0.375. The molecule has 1 N–H and O–H groups in total. The Bertz CT molecular complexity index is 614. The lowest BCUT2D eigenvalue weighted by molar-refractivity contribution is 0.101. The van der Waals surface area contributed by atoms with Gasteiger partial charge in [-0.25, -0.2) is 0 Å². The van der Waals surface area contributed by atoms with Gasteiger partial charge in [0, 0.05) is 17.7 Å². The highest BCUT2D eigenvalue weighted by atomic mass is 16.5. The van der Waals surface area contributed by atoms with E-state index in [-0.39, 0.29) is 5.91 Å². The monoisotopic (exact) mass is 270 g/mol. The summed E-state index contributed by atoms with van der Waals surface area (Å²) < 4.78 is 5.27. The van der Waals surface area contributed by atoms with Crippen LogP contribution in [-0.2, 0) is 19.3 Å². The van der Waals surface area contributed by atoms with Gasteiger partial charge in [0.2, 0.25) is 0 Å². The van der Waals surface area contributed by atoms with E-state index in [1.165, 1.54) is 5.56 Å². The third-order valence-corrected chi connectivity index (χ3v) is 3.79. The number of anilines is 1. The molecule has 0 saturated heterocycles. The molecule has 20 heavy (non-hydrogen) atoms. The van der Waals surface area contributed by atoms with Gasteiger partial charge in [0.25, 0.3) is 5.91 Å². The van der Waals surface area contributed by atoms with E-state index in [2.05, 4.69) is 17.4 Å². The molecule has 1 heterocycles. The first-order valence-electron chi connectivity index (χ1n) is 7.15. The van der Waals surface area contributed by atoms with E-state index in [4.69, 9.17) is 4.52 Å². The molecule has 1 aliphatic carbocycles. The van der Waals surface area contributed by atoms with Crippen molar-refractivity contribution in [2.45, 2.75) is 39.0 Å². The normalized spacial score (nSPS) is 13.8. The Morgan fingerprint density at radius 3 is 2.75 bits per heavy atom. The van der Waals surface area contributed by atoms with E-state index >= 15 is 0 Å². The first-order valence-corrected chi connectivity index (χ1v) is 7.15. The number of benzene rings is 1. The van der Waals surface area contributed by atoms with E-state index in [1.807, 2.05) is 24.3 Å². The first kappa shape index (κ1) is 12.9. The number of aryl methyl sites for hydroxylation is 2. The molecule has 1 aromatic heterocycles. The quantitative estimate of drug-likeness (QED) is 0.930. The summed E-state index contributed by atoms with van der Waals surface area (Å²) in [5.41, 5.74) is 3.47. The molecule has 0 fully saturated rings. The van der Waals surface area contributed by atoms with Crippen molar-refractivity contribution in [2.24, 2.45) is 0 Å². The van der Waals surface area contributed by atoms with Crippen molar-refractivity contribution < 1.29 is 9.32 Å². The maximum Gasteiger partial charge on any atom is 0.278 e. The van der Waals surface area contributed by atoms with Gasteiger partial charge in [-0.2, -0.15) is 0 Å². The Morgan fingerprint density at radius 2 is 2.00 bits per heavy atom. The van der Waals surface area contributed by atoms with Crippen LogP contribution in [0.1, 0.15) is 47.1 Å². The average Bonchev–Trinajstić information content (AvgIpc) is 2.92. The molecule has 104 valence electrons. The molecular formula is C16H18N2O2. The molecule has 4 nitrogen and oxygen atoms in total. The third kappa shape index (κ3) is 2.46. The number of hydrogen-bond acceptors (Lipinski definition) is 3.